The van der Waals surface area contributed by atoms with Gasteiger partial charge < -0.3 is 5.11 Å². The predicted octanol–water partition coefficient (Wildman–Crippen LogP) is 3.53. The standard InChI is InChI=1S/C12H24O/c1-6-7-8-12(5,13)10-9-11(2,3)4/h6,13H,1,7-10H2,2-5H3. The van der Waals surface area contributed by atoms with Crippen LogP contribution in [0.3, 0.4) is 0 Å². The number of hydrogen-bond donors (Lipinski definition) is 1. The maximum atomic E-state index is 9.96. The Morgan fingerprint density at radius 1 is 1.08 bits per heavy atom. The molecule has 1 unspecified atom stereocenters. The zero-order valence-corrected chi connectivity index (χ0v) is 9.56. The molecule has 0 rings (SSSR count). The van der Waals surface area contributed by atoms with Crippen LogP contribution in [0.1, 0.15) is 53.4 Å². The molecule has 0 fully saturated rings. The molecule has 1 nitrogen and oxygen atoms in total. The molecular weight excluding hydrogens is 160 g/mol. The van der Waals surface area contributed by atoms with E-state index in [0.717, 1.165) is 25.7 Å². The van der Waals surface area contributed by atoms with E-state index in [1.807, 2.05) is 13.0 Å². The Bertz CT molecular complexity index is 151. The zero-order chi connectivity index (χ0) is 10.5. The van der Waals surface area contributed by atoms with Crippen molar-refractivity contribution in [3.63, 3.8) is 0 Å². The molecule has 0 radical (unpaired) electrons. The van der Waals surface area contributed by atoms with Gasteiger partial charge in [0.15, 0.2) is 0 Å². The minimum Gasteiger partial charge on any atom is -0.390 e. The first-order valence-electron chi connectivity index (χ1n) is 5.10. The fourth-order valence-corrected chi connectivity index (χ4v) is 1.18. The normalized spacial score (nSPS) is 16.7. The van der Waals surface area contributed by atoms with Crippen molar-refractivity contribution in [3.8, 4) is 0 Å². The van der Waals surface area contributed by atoms with Gasteiger partial charge in [0.1, 0.15) is 0 Å². The van der Waals surface area contributed by atoms with Gasteiger partial charge in [-0.05, 0) is 38.0 Å². The molecule has 13 heavy (non-hydrogen) atoms. The van der Waals surface area contributed by atoms with Crippen LogP contribution in [0.25, 0.3) is 0 Å². The fraction of sp³-hybridized carbons (Fsp3) is 0.833. The molecule has 1 N–H and O–H groups in total. The van der Waals surface area contributed by atoms with Crippen LogP contribution in [-0.4, -0.2) is 10.7 Å². The van der Waals surface area contributed by atoms with Gasteiger partial charge in [0, 0.05) is 0 Å². The van der Waals surface area contributed by atoms with Crippen molar-refractivity contribution in [2.24, 2.45) is 5.41 Å². The Kier molecular flexibility index (Phi) is 4.69. The molecule has 0 saturated carbocycles. The summed E-state index contributed by atoms with van der Waals surface area (Å²) >= 11 is 0. The van der Waals surface area contributed by atoms with Crippen LogP contribution in [0.2, 0.25) is 0 Å². The van der Waals surface area contributed by atoms with E-state index in [4.69, 9.17) is 0 Å². The van der Waals surface area contributed by atoms with Crippen molar-refractivity contribution in [1.82, 2.24) is 0 Å². The highest BCUT2D eigenvalue weighted by Gasteiger charge is 2.22. The lowest BCUT2D eigenvalue weighted by Gasteiger charge is -2.27. The molecule has 0 saturated heterocycles. The fourth-order valence-electron chi connectivity index (χ4n) is 1.18. The Morgan fingerprint density at radius 2 is 1.62 bits per heavy atom. The van der Waals surface area contributed by atoms with Gasteiger partial charge in [-0.2, -0.15) is 0 Å². The number of rotatable bonds is 5. The van der Waals surface area contributed by atoms with E-state index >= 15 is 0 Å². The summed E-state index contributed by atoms with van der Waals surface area (Å²) in [6.45, 7) is 12.2. The molecule has 0 aliphatic carbocycles. The Labute approximate surface area is 82.9 Å². The predicted molar refractivity (Wildman–Crippen MR) is 58.7 cm³/mol. The summed E-state index contributed by atoms with van der Waals surface area (Å²) in [4.78, 5) is 0. The maximum Gasteiger partial charge on any atom is 0.0623 e. The van der Waals surface area contributed by atoms with E-state index in [1.165, 1.54) is 0 Å². The Balaban J connectivity index is 3.81. The maximum absolute atomic E-state index is 9.96. The zero-order valence-electron chi connectivity index (χ0n) is 9.56. The van der Waals surface area contributed by atoms with E-state index in [0.29, 0.717) is 5.41 Å². The van der Waals surface area contributed by atoms with Gasteiger partial charge in [0.05, 0.1) is 5.60 Å². The molecule has 0 aromatic heterocycles. The summed E-state index contributed by atoms with van der Waals surface area (Å²) in [5.41, 5.74) is -0.195. The van der Waals surface area contributed by atoms with Crippen LogP contribution in [0.15, 0.2) is 12.7 Å². The van der Waals surface area contributed by atoms with Crippen LogP contribution in [0.4, 0.5) is 0 Å². The summed E-state index contributed by atoms with van der Waals surface area (Å²) in [5.74, 6) is 0. The van der Waals surface area contributed by atoms with E-state index < -0.39 is 5.60 Å². The summed E-state index contributed by atoms with van der Waals surface area (Å²) in [7, 11) is 0. The first-order valence-corrected chi connectivity index (χ1v) is 5.10. The van der Waals surface area contributed by atoms with Crippen molar-refractivity contribution in [2.45, 2.75) is 59.0 Å². The van der Waals surface area contributed by atoms with Crippen LogP contribution in [0.5, 0.6) is 0 Å². The lowest BCUT2D eigenvalue weighted by molar-refractivity contribution is 0.0319. The Hall–Kier alpha value is -0.300. The molecular formula is C12H24O. The van der Waals surface area contributed by atoms with Gasteiger partial charge in [-0.15, -0.1) is 6.58 Å². The largest absolute Gasteiger partial charge is 0.390 e. The number of allylic oxidation sites excluding steroid dienone is 1. The van der Waals surface area contributed by atoms with Crippen molar-refractivity contribution >= 4 is 0 Å². The number of aliphatic hydroxyl groups is 1. The highest BCUT2D eigenvalue weighted by Crippen LogP contribution is 2.27. The highest BCUT2D eigenvalue weighted by molar-refractivity contribution is 4.79. The first-order chi connectivity index (χ1) is 5.77. The van der Waals surface area contributed by atoms with Gasteiger partial charge in [-0.1, -0.05) is 26.8 Å². The van der Waals surface area contributed by atoms with E-state index in [-0.39, 0.29) is 0 Å². The molecule has 0 heterocycles. The van der Waals surface area contributed by atoms with Crippen molar-refractivity contribution in [1.29, 1.82) is 0 Å². The average molecular weight is 184 g/mol. The van der Waals surface area contributed by atoms with Crippen LogP contribution in [0, 0.1) is 5.41 Å². The molecule has 0 bridgehead atoms. The molecule has 0 aromatic carbocycles. The third-order valence-corrected chi connectivity index (χ3v) is 2.30. The third kappa shape index (κ3) is 8.04. The smallest absolute Gasteiger partial charge is 0.0623 e. The van der Waals surface area contributed by atoms with Crippen molar-refractivity contribution in [3.05, 3.63) is 12.7 Å². The molecule has 0 spiro atoms. The summed E-state index contributed by atoms with van der Waals surface area (Å²) in [5, 5.41) is 9.96. The minimum absolute atomic E-state index is 0.318. The highest BCUT2D eigenvalue weighted by atomic mass is 16.3. The second kappa shape index (κ2) is 4.80. The summed E-state index contributed by atoms with van der Waals surface area (Å²) in [6.07, 6.45) is 5.54. The SMILES string of the molecule is C=CCCC(C)(O)CCC(C)(C)C. The lowest BCUT2D eigenvalue weighted by Crippen LogP contribution is -2.25. The van der Waals surface area contributed by atoms with E-state index in [2.05, 4.69) is 27.4 Å². The van der Waals surface area contributed by atoms with Gasteiger partial charge in [-0.25, -0.2) is 0 Å². The van der Waals surface area contributed by atoms with Crippen molar-refractivity contribution < 1.29 is 5.11 Å². The summed E-state index contributed by atoms with van der Waals surface area (Å²) < 4.78 is 0. The lowest BCUT2D eigenvalue weighted by atomic mass is 9.84. The molecule has 0 aliphatic heterocycles. The minimum atomic E-state index is -0.512. The summed E-state index contributed by atoms with van der Waals surface area (Å²) in [6, 6.07) is 0. The van der Waals surface area contributed by atoms with E-state index in [9.17, 15) is 5.11 Å². The second-order valence-corrected chi connectivity index (χ2v) is 5.38. The molecule has 0 amide bonds. The molecule has 0 aliphatic rings. The Morgan fingerprint density at radius 3 is 2.00 bits per heavy atom. The first kappa shape index (κ1) is 12.7. The van der Waals surface area contributed by atoms with Gasteiger partial charge in [-0.3, -0.25) is 0 Å². The topological polar surface area (TPSA) is 20.2 Å². The van der Waals surface area contributed by atoms with E-state index in [1.54, 1.807) is 0 Å². The van der Waals surface area contributed by atoms with Crippen molar-refractivity contribution in [2.75, 3.05) is 0 Å². The molecule has 0 aromatic rings. The molecule has 1 atom stereocenters. The molecule has 1 heteroatoms. The molecule has 78 valence electrons. The van der Waals surface area contributed by atoms with Gasteiger partial charge in [0.2, 0.25) is 0 Å². The van der Waals surface area contributed by atoms with Gasteiger partial charge >= 0.3 is 0 Å². The van der Waals surface area contributed by atoms with Gasteiger partial charge in [0.25, 0.3) is 0 Å². The van der Waals surface area contributed by atoms with Crippen LogP contribution >= 0.6 is 0 Å². The third-order valence-electron chi connectivity index (χ3n) is 2.30. The van der Waals surface area contributed by atoms with Crippen LogP contribution < -0.4 is 0 Å². The second-order valence-electron chi connectivity index (χ2n) is 5.38. The monoisotopic (exact) mass is 184 g/mol. The quantitative estimate of drug-likeness (QED) is 0.648. The number of hydrogen-bond acceptors (Lipinski definition) is 1. The average Bonchev–Trinajstić information content (AvgIpc) is 1.97. The van der Waals surface area contributed by atoms with Crippen LogP contribution in [-0.2, 0) is 0 Å².